The van der Waals surface area contributed by atoms with Crippen LogP contribution in [0.2, 0.25) is 5.02 Å². The van der Waals surface area contributed by atoms with E-state index < -0.39 is 26.4 Å². The third-order valence-electron chi connectivity index (χ3n) is 3.85. The van der Waals surface area contributed by atoms with Crippen LogP contribution in [0, 0.1) is 20.8 Å². The van der Waals surface area contributed by atoms with Crippen molar-refractivity contribution >= 4 is 44.2 Å². The lowest BCUT2D eigenvalue weighted by Crippen LogP contribution is -2.57. The number of hydrogen-bond donors (Lipinski definition) is 1. The molecule has 0 aromatic heterocycles. The maximum atomic E-state index is 13.8. The Morgan fingerprint density at radius 2 is 1.68 bits per heavy atom. The standard InChI is InChI=1S/C18H18ClF3INO3S/c1-11-7-12(2)16(13(3)8-11)28(25,26)24-17(23,18(20,21)22)10-27-15-6-4-5-14(19)9-15/h4-9,24H,10H2,1-3H3. The highest BCUT2D eigenvalue weighted by atomic mass is 127. The third-order valence-corrected chi connectivity index (χ3v) is 7.45. The Bertz CT molecular complexity index is 959. The summed E-state index contributed by atoms with van der Waals surface area (Å²) < 4.78 is 71.0. The van der Waals surface area contributed by atoms with Crippen LogP contribution >= 0.6 is 34.2 Å². The van der Waals surface area contributed by atoms with E-state index in [1.54, 1.807) is 43.7 Å². The summed E-state index contributed by atoms with van der Waals surface area (Å²) in [5.41, 5.74) is 1.54. The largest absolute Gasteiger partial charge is 0.490 e. The molecule has 2 rings (SSSR count). The van der Waals surface area contributed by atoms with Gasteiger partial charge in [0.1, 0.15) is 12.4 Å². The van der Waals surface area contributed by atoms with Gasteiger partial charge in [-0.25, -0.2) is 8.42 Å². The van der Waals surface area contributed by atoms with Crippen molar-refractivity contribution in [3.8, 4) is 5.75 Å². The van der Waals surface area contributed by atoms with Crippen LogP contribution in [-0.4, -0.2) is 24.7 Å². The molecule has 1 atom stereocenters. The average molecular weight is 548 g/mol. The van der Waals surface area contributed by atoms with E-state index >= 15 is 0 Å². The lowest BCUT2D eigenvalue weighted by Gasteiger charge is -2.31. The molecule has 0 heterocycles. The van der Waals surface area contributed by atoms with Crippen molar-refractivity contribution in [1.82, 2.24) is 4.72 Å². The van der Waals surface area contributed by atoms with Crippen LogP contribution in [0.15, 0.2) is 41.3 Å². The van der Waals surface area contributed by atoms with E-state index in [2.05, 4.69) is 0 Å². The summed E-state index contributed by atoms with van der Waals surface area (Å²) in [5.74, 6) is 0.0969. The first-order valence-electron chi connectivity index (χ1n) is 8.01. The molecule has 0 saturated carbocycles. The number of hydrogen-bond acceptors (Lipinski definition) is 3. The van der Waals surface area contributed by atoms with E-state index in [1.165, 1.54) is 18.2 Å². The molecule has 0 aliphatic carbocycles. The van der Waals surface area contributed by atoms with Crippen molar-refractivity contribution in [3.05, 3.63) is 58.1 Å². The van der Waals surface area contributed by atoms with Crippen molar-refractivity contribution in [2.75, 3.05) is 6.61 Å². The molecule has 0 saturated heterocycles. The molecule has 0 fully saturated rings. The minimum absolute atomic E-state index is 0.0969. The fourth-order valence-corrected chi connectivity index (χ4v) is 5.64. The highest BCUT2D eigenvalue weighted by Gasteiger charge is 2.56. The highest BCUT2D eigenvalue weighted by Crippen LogP contribution is 2.38. The molecule has 2 aromatic carbocycles. The zero-order valence-corrected chi connectivity index (χ0v) is 18.9. The molecule has 4 nitrogen and oxygen atoms in total. The molecule has 0 amide bonds. The van der Waals surface area contributed by atoms with Crippen LogP contribution in [-0.2, 0) is 10.0 Å². The molecule has 154 valence electrons. The van der Waals surface area contributed by atoms with Crippen molar-refractivity contribution < 1.29 is 26.3 Å². The molecule has 1 unspecified atom stereocenters. The van der Waals surface area contributed by atoms with Crippen molar-refractivity contribution in [2.45, 2.75) is 35.4 Å². The van der Waals surface area contributed by atoms with Gasteiger partial charge in [-0.3, -0.25) is 0 Å². The van der Waals surface area contributed by atoms with Gasteiger partial charge in [0.25, 0.3) is 0 Å². The quantitative estimate of drug-likeness (QED) is 0.303. The molecule has 2 aromatic rings. The van der Waals surface area contributed by atoms with Crippen LogP contribution in [0.4, 0.5) is 13.2 Å². The van der Waals surface area contributed by atoms with Gasteiger partial charge in [0.05, 0.1) is 4.90 Å². The van der Waals surface area contributed by atoms with Gasteiger partial charge in [-0.15, -0.1) is 0 Å². The van der Waals surface area contributed by atoms with Crippen LogP contribution in [0.1, 0.15) is 16.7 Å². The van der Waals surface area contributed by atoms with E-state index in [4.69, 9.17) is 16.3 Å². The lowest BCUT2D eigenvalue weighted by atomic mass is 10.1. The maximum absolute atomic E-state index is 13.8. The molecule has 0 aliphatic rings. The second-order valence-electron chi connectivity index (χ2n) is 6.38. The molecule has 28 heavy (non-hydrogen) atoms. The lowest BCUT2D eigenvalue weighted by molar-refractivity contribution is -0.163. The second kappa shape index (κ2) is 8.37. The predicted octanol–water partition coefficient (Wildman–Crippen LogP) is 5.32. The van der Waals surface area contributed by atoms with E-state index in [1.807, 2.05) is 0 Å². The average Bonchev–Trinajstić information content (AvgIpc) is 2.50. The van der Waals surface area contributed by atoms with Gasteiger partial charge in [0.2, 0.25) is 13.6 Å². The minimum atomic E-state index is -4.91. The van der Waals surface area contributed by atoms with E-state index in [0.717, 1.165) is 28.2 Å². The smallest absolute Gasteiger partial charge is 0.420 e. The third kappa shape index (κ3) is 5.31. The van der Waals surface area contributed by atoms with Crippen LogP contribution in [0.25, 0.3) is 0 Å². The van der Waals surface area contributed by atoms with Crippen LogP contribution in [0.5, 0.6) is 5.75 Å². The number of rotatable bonds is 6. The monoisotopic (exact) mass is 547 g/mol. The van der Waals surface area contributed by atoms with Gasteiger partial charge < -0.3 is 4.74 Å². The van der Waals surface area contributed by atoms with Crippen LogP contribution < -0.4 is 9.46 Å². The van der Waals surface area contributed by atoms with Crippen molar-refractivity contribution in [3.63, 3.8) is 0 Å². The Morgan fingerprint density at radius 1 is 1.11 bits per heavy atom. The number of sulfonamides is 1. The van der Waals surface area contributed by atoms with Gasteiger partial charge >= 0.3 is 6.18 Å². The molecule has 0 aliphatic heterocycles. The molecule has 1 N–H and O–H groups in total. The summed E-state index contributed by atoms with van der Waals surface area (Å²) in [4.78, 5) is -0.175. The zero-order valence-electron chi connectivity index (χ0n) is 15.2. The SMILES string of the molecule is Cc1cc(C)c(S(=O)(=O)NC(I)(COc2cccc(Cl)c2)C(F)(F)F)c(C)c1. The molecule has 10 heteroatoms. The number of benzene rings is 2. The normalized spacial score (nSPS) is 14.6. The van der Waals surface area contributed by atoms with Gasteiger partial charge in [-0.1, -0.05) is 35.4 Å². The second-order valence-corrected chi connectivity index (χ2v) is 10.3. The Morgan fingerprint density at radius 3 is 2.18 bits per heavy atom. The van der Waals surface area contributed by atoms with E-state index in [9.17, 15) is 21.6 Å². The number of halogens is 5. The first-order chi connectivity index (χ1) is 12.7. The van der Waals surface area contributed by atoms with Gasteiger partial charge in [-0.05, 0) is 72.7 Å². The Labute approximate surface area is 180 Å². The summed E-state index contributed by atoms with van der Waals surface area (Å²) in [6.07, 6.45) is -4.91. The number of nitrogens with one attached hydrogen (secondary N) is 1. The Hall–Kier alpha value is -1.04. The maximum Gasteiger partial charge on any atom is 0.420 e. The molecular formula is C18H18ClF3INO3S. The summed E-state index contributed by atoms with van der Waals surface area (Å²) in [7, 11) is -4.48. The van der Waals surface area contributed by atoms with E-state index in [-0.39, 0.29) is 15.7 Å². The molecular weight excluding hydrogens is 530 g/mol. The fraction of sp³-hybridized carbons (Fsp3) is 0.333. The molecule has 0 bridgehead atoms. The van der Waals surface area contributed by atoms with Crippen LogP contribution in [0.3, 0.4) is 0 Å². The zero-order chi connectivity index (χ0) is 21.3. The highest BCUT2D eigenvalue weighted by molar-refractivity contribution is 14.1. The number of alkyl halides is 4. The van der Waals surface area contributed by atoms with Crippen molar-refractivity contribution in [2.24, 2.45) is 0 Å². The summed E-state index contributed by atoms with van der Waals surface area (Å²) >= 11 is 6.83. The van der Waals surface area contributed by atoms with Crippen molar-refractivity contribution in [1.29, 1.82) is 0 Å². The molecule has 0 spiro atoms. The first kappa shape index (κ1) is 23.2. The minimum Gasteiger partial charge on any atom is -0.490 e. The molecule has 0 radical (unpaired) electrons. The number of ether oxygens (including phenoxy) is 1. The number of aryl methyl sites for hydroxylation is 3. The summed E-state index contributed by atoms with van der Waals surface area (Å²) in [6, 6.07) is 9.04. The predicted molar refractivity (Wildman–Crippen MR) is 111 cm³/mol. The van der Waals surface area contributed by atoms with E-state index in [0.29, 0.717) is 11.1 Å². The first-order valence-corrected chi connectivity index (χ1v) is 10.9. The topological polar surface area (TPSA) is 55.4 Å². The fourth-order valence-electron chi connectivity index (χ4n) is 2.76. The van der Waals surface area contributed by atoms with Gasteiger partial charge in [0.15, 0.2) is 0 Å². The Balaban J connectivity index is 2.38. The summed E-state index contributed by atoms with van der Waals surface area (Å²) in [5, 5.41) is 0.287. The van der Waals surface area contributed by atoms with Gasteiger partial charge in [-0.2, -0.15) is 17.9 Å². The Kier molecular flexibility index (Phi) is 6.95. The van der Waals surface area contributed by atoms with Gasteiger partial charge in [0, 0.05) is 5.02 Å². The summed E-state index contributed by atoms with van der Waals surface area (Å²) in [6.45, 7) is 3.89.